The number of nitrogens with zero attached hydrogens (tertiary/aromatic N) is 2. The number of aromatic amines is 1. The van der Waals surface area contributed by atoms with E-state index in [1.54, 1.807) is 12.3 Å². The van der Waals surface area contributed by atoms with Gasteiger partial charge in [0.2, 0.25) is 12.7 Å². The molecule has 0 saturated carbocycles. The lowest BCUT2D eigenvalue weighted by Gasteiger charge is -2.13. The highest BCUT2D eigenvalue weighted by atomic mass is 32.2. The minimum absolute atomic E-state index is 0.0357. The van der Waals surface area contributed by atoms with Crippen LogP contribution in [-0.2, 0) is 0 Å². The molecule has 3 aromatic carbocycles. The van der Waals surface area contributed by atoms with Crippen LogP contribution >= 0.6 is 11.8 Å². The summed E-state index contributed by atoms with van der Waals surface area (Å²) >= 11 is 1.24. The Balaban J connectivity index is 1.33. The van der Waals surface area contributed by atoms with Gasteiger partial charge in [-0.05, 0) is 41.6 Å². The molecule has 0 radical (unpaired) electrons. The molecule has 5 aromatic rings. The summed E-state index contributed by atoms with van der Waals surface area (Å²) in [4.78, 5) is 16.9. The molecule has 1 aliphatic heterocycles. The van der Waals surface area contributed by atoms with Crippen LogP contribution in [0.2, 0.25) is 0 Å². The van der Waals surface area contributed by atoms with E-state index in [1.807, 2.05) is 66.7 Å². The Morgan fingerprint density at radius 3 is 2.67 bits per heavy atom. The fourth-order valence-corrected chi connectivity index (χ4v) is 4.77. The number of ketones is 1. The number of hydrogen-bond acceptors (Lipinski definition) is 7. The number of hydrogen-bond donors (Lipinski definition) is 1. The SMILES string of the molecule is O=C(c1c[nH]c2ccccc12)C(Sc1nnc(-c2ccc3c(c2)OCO3)o1)c1ccccc1. The summed E-state index contributed by atoms with van der Waals surface area (Å²) in [6.07, 6.45) is 1.76. The number of benzene rings is 3. The summed E-state index contributed by atoms with van der Waals surface area (Å²) in [6.45, 7) is 0.193. The number of carbonyl (C=O) groups is 1. The van der Waals surface area contributed by atoms with Gasteiger partial charge in [0.15, 0.2) is 17.3 Å². The van der Waals surface area contributed by atoms with Crippen LogP contribution in [0.1, 0.15) is 21.2 Å². The molecule has 0 spiro atoms. The number of fused-ring (bicyclic) bond motifs is 2. The van der Waals surface area contributed by atoms with E-state index in [1.165, 1.54) is 11.8 Å². The standard InChI is InChI=1S/C25H17N3O4S/c29-22(18-13-26-19-9-5-4-8-17(18)19)23(15-6-2-1-3-7-15)33-25-28-27-24(32-25)16-10-11-20-21(12-16)31-14-30-20/h1-13,23,26H,14H2. The first-order valence-electron chi connectivity index (χ1n) is 10.3. The van der Waals surface area contributed by atoms with Gasteiger partial charge in [0.25, 0.3) is 5.22 Å². The molecule has 1 atom stereocenters. The van der Waals surface area contributed by atoms with Gasteiger partial charge in [-0.2, -0.15) is 0 Å². The maximum absolute atomic E-state index is 13.7. The van der Waals surface area contributed by atoms with E-state index < -0.39 is 5.25 Å². The second kappa shape index (κ2) is 8.14. The van der Waals surface area contributed by atoms with Crippen molar-refractivity contribution in [1.29, 1.82) is 0 Å². The highest BCUT2D eigenvalue weighted by Crippen LogP contribution is 2.40. The van der Waals surface area contributed by atoms with Crippen LogP contribution in [0.25, 0.3) is 22.4 Å². The molecule has 0 fully saturated rings. The highest BCUT2D eigenvalue weighted by Gasteiger charge is 2.28. The maximum Gasteiger partial charge on any atom is 0.277 e. The number of carbonyl (C=O) groups excluding carboxylic acids is 1. The van der Waals surface area contributed by atoms with E-state index in [4.69, 9.17) is 13.9 Å². The number of Topliss-reactive ketones (excluding diaryl/α,β-unsaturated/α-hetero) is 1. The Kier molecular flexibility index (Phi) is 4.84. The topological polar surface area (TPSA) is 90.2 Å². The zero-order valence-electron chi connectivity index (χ0n) is 17.2. The Hall–Kier alpha value is -4.04. The predicted octanol–water partition coefficient (Wildman–Crippen LogP) is 5.66. The maximum atomic E-state index is 13.7. The lowest BCUT2D eigenvalue weighted by Crippen LogP contribution is -2.09. The zero-order chi connectivity index (χ0) is 22.2. The molecule has 0 saturated heterocycles. The predicted molar refractivity (Wildman–Crippen MR) is 124 cm³/mol. The molecule has 1 N–H and O–H groups in total. The molecule has 0 aliphatic carbocycles. The van der Waals surface area contributed by atoms with Gasteiger partial charge in [0.1, 0.15) is 5.25 Å². The molecule has 162 valence electrons. The van der Waals surface area contributed by atoms with Gasteiger partial charge in [-0.15, -0.1) is 10.2 Å². The van der Waals surface area contributed by atoms with Gasteiger partial charge in [0, 0.05) is 28.2 Å². The summed E-state index contributed by atoms with van der Waals surface area (Å²) < 4.78 is 16.7. The molecule has 0 bridgehead atoms. The molecule has 8 heteroatoms. The smallest absolute Gasteiger partial charge is 0.277 e. The molecule has 0 amide bonds. The van der Waals surface area contributed by atoms with Crippen molar-refractivity contribution in [2.24, 2.45) is 0 Å². The molecule has 2 aromatic heterocycles. The van der Waals surface area contributed by atoms with Crippen molar-refractivity contribution in [3.63, 3.8) is 0 Å². The first-order chi connectivity index (χ1) is 16.3. The minimum atomic E-state index is -0.546. The summed E-state index contributed by atoms with van der Waals surface area (Å²) in [5.41, 5.74) is 3.13. The Morgan fingerprint density at radius 2 is 1.76 bits per heavy atom. The largest absolute Gasteiger partial charge is 0.454 e. The summed E-state index contributed by atoms with van der Waals surface area (Å²) in [7, 11) is 0. The van der Waals surface area contributed by atoms with E-state index >= 15 is 0 Å². The Bertz CT molecular complexity index is 1460. The third-order valence-corrected chi connectivity index (χ3v) is 6.53. The quantitative estimate of drug-likeness (QED) is 0.261. The molecular formula is C25H17N3O4S. The number of thioether (sulfide) groups is 1. The number of rotatable bonds is 6. The van der Waals surface area contributed by atoms with Crippen LogP contribution in [0.3, 0.4) is 0 Å². The third-order valence-electron chi connectivity index (χ3n) is 5.44. The second-order valence-electron chi connectivity index (χ2n) is 7.46. The summed E-state index contributed by atoms with van der Waals surface area (Å²) in [5, 5.41) is 9.02. The second-order valence-corrected chi connectivity index (χ2v) is 8.52. The van der Waals surface area contributed by atoms with Crippen LogP contribution in [0.15, 0.2) is 88.6 Å². The number of para-hydroxylation sites is 1. The number of H-pyrrole nitrogens is 1. The van der Waals surface area contributed by atoms with Crippen LogP contribution < -0.4 is 9.47 Å². The molecule has 7 nitrogen and oxygen atoms in total. The minimum Gasteiger partial charge on any atom is -0.454 e. The zero-order valence-corrected chi connectivity index (χ0v) is 18.0. The fourth-order valence-electron chi connectivity index (χ4n) is 3.82. The average molecular weight is 455 g/mol. The van der Waals surface area contributed by atoms with Crippen LogP contribution in [0.5, 0.6) is 11.5 Å². The third kappa shape index (κ3) is 3.64. The Labute approximate surface area is 192 Å². The number of aromatic nitrogens is 3. The van der Waals surface area contributed by atoms with Crippen LogP contribution in [0, 0.1) is 0 Å². The van der Waals surface area contributed by atoms with E-state index in [-0.39, 0.29) is 12.6 Å². The van der Waals surface area contributed by atoms with E-state index in [2.05, 4.69) is 15.2 Å². The lowest BCUT2D eigenvalue weighted by atomic mass is 10.0. The molecule has 3 heterocycles. The lowest BCUT2D eigenvalue weighted by molar-refractivity contribution is 0.0990. The first kappa shape index (κ1) is 19.6. The molecule has 6 rings (SSSR count). The van der Waals surface area contributed by atoms with Crippen molar-refractivity contribution in [1.82, 2.24) is 15.2 Å². The van der Waals surface area contributed by atoms with Crippen molar-refractivity contribution in [3.05, 3.63) is 90.1 Å². The normalized spacial score (nSPS) is 13.3. The van der Waals surface area contributed by atoms with Crippen molar-refractivity contribution in [2.75, 3.05) is 6.79 Å². The van der Waals surface area contributed by atoms with Gasteiger partial charge in [-0.3, -0.25) is 4.79 Å². The van der Waals surface area contributed by atoms with Crippen molar-refractivity contribution >= 4 is 28.4 Å². The first-order valence-corrected chi connectivity index (χ1v) is 11.2. The van der Waals surface area contributed by atoms with Crippen molar-refractivity contribution in [2.45, 2.75) is 10.5 Å². The van der Waals surface area contributed by atoms with E-state index in [0.717, 1.165) is 22.0 Å². The monoisotopic (exact) mass is 455 g/mol. The van der Waals surface area contributed by atoms with Gasteiger partial charge in [-0.1, -0.05) is 48.5 Å². The van der Waals surface area contributed by atoms with E-state index in [0.29, 0.717) is 28.2 Å². The molecule has 1 aliphatic rings. The van der Waals surface area contributed by atoms with Gasteiger partial charge in [-0.25, -0.2) is 0 Å². The van der Waals surface area contributed by atoms with Crippen molar-refractivity contribution in [3.8, 4) is 23.0 Å². The molecular weight excluding hydrogens is 438 g/mol. The van der Waals surface area contributed by atoms with Gasteiger partial charge < -0.3 is 18.9 Å². The van der Waals surface area contributed by atoms with Crippen molar-refractivity contribution < 1.29 is 18.7 Å². The van der Waals surface area contributed by atoms with Gasteiger partial charge >= 0.3 is 0 Å². The summed E-state index contributed by atoms with van der Waals surface area (Å²) in [5.74, 6) is 1.63. The fraction of sp³-hybridized carbons (Fsp3) is 0.0800. The molecule has 1 unspecified atom stereocenters. The van der Waals surface area contributed by atoms with Crippen LogP contribution in [0.4, 0.5) is 0 Å². The Morgan fingerprint density at radius 1 is 0.939 bits per heavy atom. The van der Waals surface area contributed by atoms with Gasteiger partial charge in [0.05, 0.1) is 0 Å². The number of nitrogens with one attached hydrogen (secondary N) is 1. The highest BCUT2D eigenvalue weighted by molar-refractivity contribution is 8.00. The molecule has 33 heavy (non-hydrogen) atoms. The number of ether oxygens (including phenoxy) is 2. The van der Waals surface area contributed by atoms with E-state index in [9.17, 15) is 4.79 Å². The van der Waals surface area contributed by atoms with Crippen LogP contribution in [-0.4, -0.2) is 27.8 Å². The summed E-state index contributed by atoms with van der Waals surface area (Å²) in [6, 6.07) is 22.8. The average Bonchev–Trinajstić information content (AvgIpc) is 3.61.